The molecule has 2 aromatic heterocycles. The molecule has 0 amide bonds. The molecule has 2 aromatic rings. The number of morpholine rings is 1. The number of hydrogen-bond donors (Lipinski definition) is 0. The van der Waals surface area contributed by atoms with E-state index in [0.29, 0.717) is 22.7 Å². The number of aryl methyl sites for hydroxylation is 1. The Bertz CT molecular complexity index is 930. The first-order chi connectivity index (χ1) is 13.6. The van der Waals surface area contributed by atoms with Crippen LogP contribution in [0.5, 0.6) is 0 Å². The minimum atomic E-state index is 0.423. The van der Waals surface area contributed by atoms with E-state index in [0.717, 1.165) is 66.6 Å². The summed E-state index contributed by atoms with van der Waals surface area (Å²) in [6.45, 7) is 7.54. The Hall–Kier alpha value is -1.64. The summed E-state index contributed by atoms with van der Waals surface area (Å²) in [6, 6.07) is 0. The van der Waals surface area contributed by atoms with Crippen LogP contribution in [-0.4, -0.2) is 61.9 Å². The Kier molecular flexibility index (Phi) is 5.89. The molecule has 2 aliphatic heterocycles. The smallest absolute Gasteiger partial charge is 0.165 e. The monoisotopic (exact) mass is 420 g/mol. The molecule has 0 N–H and O–H groups in total. The van der Waals surface area contributed by atoms with E-state index in [-0.39, 0.29) is 0 Å². The zero-order valence-corrected chi connectivity index (χ0v) is 18.1. The maximum atomic E-state index is 6.54. The quantitative estimate of drug-likeness (QED) is 0.704. The number of rotatable bonds is 4. The van der Waals surface area contributed by atoms with Crippen LogP contribution < -0.4 is 0 Å². The van der Waals surface area contributed by atoms with E-state index < -0.39 is 0 Å². The minimum absolute atomic E-state index is 0.423. The van der Waals surface area contributed by atoms with Gasteiger partial charge in [-0.1, -0.05) is 37.2 Å². The molecule has 28 heavy (non-hydrogen) atoms. The number of aromatic nitrogens is 4. The predicted molar refractivity (Wildman–Crippen MR) is 115 cm³/mol. The van der Waals surface area contributed by atoms with E-state index in [2.05, 4.69) is 28.7 Å². The van der Waals surface area contributed by atoms with Gasteiger partial charge in [0.05, 0.1) is 24.3 Å². The normalized spacial score (nSPS) is 18.3. The lowest BCUT2D eigenvalue weighted by Gasteiger charge is -2.30. The van der Waals surface area contributed by atoms with Gasteiger partial charge in [-0.2, -0.15) is 5.10 Å². The third-order valence-corrected chi connectivity index (χ3v) is 6.67. The van der Waals surface area contributed by atoms with Crippen LogP contribution in [0, 0.1) is 0 Å². The highest BCUT2D eigenvalue weighted by molar-refractivity contribution is 8.14. The maximum absolute atomic E-state index is 6.54. The molecule has 0 unspecified atom stereocenters. The van der Waals surface area contributed by atoms with Crippen LogP contribution in [0.1, 0.15) is 44.1 Å². The summed E-state index contributed by atoms with van der Waals surface area (Å²) in [5, 5.41) is 7.18. The number of amidine groups is 1. The molecule has 0 spiro atoms. The zero-order valence-electron chi connectivity index (χ0n) is 16.5. The summed E-state index contributed by atoms with van der Waals surface area (Å²) in [6.07, 6.45) is 4.00. The standard InChI is InChI=1S/C19H25ClN6OS/c1-4-12(5-2)15-13-10-21-17(23-18(13)25(3)24-15)14-11-28-19(22-16(14)20)26-6-8-27-9-7-26/h10,12H,4-9,11H2,1-3H3. The van der Waals surface area contributed by atoms with Crippen LogP contribution in [-0.2, 0) is 11.8 Å². The number of ether oxygens (including phenoxy) is 1. The number of fused-ring (bicyclic) bond motifs is 1. The van der Waals surface area contributed by atoms with Gasteiger partial charge < -0.3 is 9.64 Å². The lowest BCUT2D eigenvalue weighted by Crippen LogP contribution is -2.40. The van der Waals surface area contributed by atoms with Crippen molar-refractivity contribution in [2.75, 3.05) is 32.1 Å². The van der Waals surface area contributed by atoms with Crippen molar-refractivity contribution in [2.45, 2.75) is 32.6 Å². The van der Waals surface area contributed by atoms with Crippen LogP contribution in [0.15, 0.2) is 16.3 Å². The number of thioether (sulfide) groups is 1. The highest BCUT2D eigenvalue weighted by Crippen LogP contribution is 2.33. The van der Waals surface area contributed by atoms with Gasteiger partial charge in [-0.3, -0.25) is 4.68 Å². The van der Waals surface area contributed by atoms with E-state index in [1.807, 2.05) is 17.9 Å². The molecule has 4 rings (SSSR count). The van der Waals surface area contributed by atoms with Crippen molar-refractivity contribution in [1.29, 1.82) is 0 Å². The van der Waals surface area contributed by atoms with Crippen molar-refractivity contribution in [3.63, 3.8) is 0 Å². The summed E-state index contributed by atoms with van der Waals surface area (Å²) < 4.78 is 7.26. The molecule has 0 radical (unpaired) electrons. The van der Waals surface area contributed by atoms with Crippen LogP contribution in [0.2, 0.25) is 0 Å². The van der Waals surface area contributed by atoms with Gasteiger partial charge in [0.2, 0.25) is 0 Å². The van der Waals surface area contributed by atoms with Gasteiger partial charge in [0, 0.05) is 43.6 Å². The van der Waals surface area contributed by atoms with Gasteiger partial charge >= 0.3 is 0 Å². The van der Waals surface area contributed by atoms with Crippen LogP contribution in [0.4, 0.5) is 0 Å². The number of aliphatic imine (C=N–C) groups is 1. The van der Waals surface area contributed by atoms with Crippen LogP contribution in [0.3, 0.4) is 0 Å². The van der Waals surface area contributed by atoms with Crippen molar-refractivity contribution >= 4 is 45.1 Å². The third-order valence-electron chi connectivity index (χ3n) is 5.32. The summed E-state index contributed by atoms with van der Waals surface area (Å²) in [5.74, 6) is 1.76. The Morgan fingerprint density at radius 3 is 2.68 bits per heavy atom. The third kappa shape index (κ3) is 3.65. The van der Waals surface area contributed by atoms with E-state index in [1.165, 1.54) is 0 Å². The largest absolute Gasteiger partial charge is 0.378 e. The fourth-order valence-corrected chi connectivity index (χ4v) is 5.06. The molecule has 2 aliphatic rings. The minimum Gasteiger partial charge on any atom is -0.378 e. The highest BCUT2D eigenvalue weighted by Gasteiger charge is 2.24. The molecule has 0 aliphatic carbocycles. The Balaban J connectivity index is 1.67. The molecule has 4 heterocycles. The van der Waals surface area contributed by atoms with Gasteiger partial charge in [0.15, 0.2) is 16.6 Å². The van der Waals surface area contributed by atoms with E-state index in [4.69, 9.17) is 26.4 Å². The van der Waals surface area contributed by atoms with E-state index >= 15 is 0 Å². The summed E-state index contributed by atoms with van der Waals surface area (Å²) >= 11 is 8.22. The molecular formula is C19H25ClN6OS. The second-order valence-electron chi connectivity index (χ2n) is 7.00. The van der Waals surface area contributed by atoms with Gasteiger partial charge in [0.25, 0.3) is 0 Å². The summed E-state index contributed by atoms with van der Waals surface area (Å²) in [5.41, 5.74) is 2.80. The first kappa shape index (κ1) is 19.7. The highest BCUT2D eigenvalue weighted by atomic mass is 35.5. The molecule has 0 bridgehead atoms. The molecule has 9 heteroatoms. The number of nitrogens with zero attached hydrogens (tertiary/aromatic N) is 6. The fourth-order valence-electron chi connectivity index (χ4n) is 3.64. The molecule has 0 atom stereocenters. The molecule has 150 valence electrons. The summed E-state index contributed by atoms with van der Waals surface area (Å²) in [7, 11) is 1.94. The lowest BCUT2D eigenvalue weighted by atomic mass is 9.98. The molecular weight excluding hydrogens is 396 g/mol. The SMILES string of the molecule is CCC(CC)c1nn(C)c2nc(C3=C(Cl)N=C(N4CCOCC4)SC3)ncc12. The van der Waals surface area contributed by atoms with Gasteiger partial charge in [-0.05, 0) is 12.8 Å². The average molecular weight is 421 g/mol. The van der Waals surface area contributed by atoms with Crippen molar-refractivity contribution in [3.8, 4) is 0 Å². The van der Waals surface area contributed by atoms with Crippen LogP contribution >= 0.6 is 23.4 Å². The Morgan fingerprint density at radius 1 is 1.25 bits per heavy atom. The van der Waals surface area contributed by atoms with Gasteiger partial charge in [0.1, 0.15) is 5.16 Å². The molecule has 0 saturated carbocycles. The van der Waals surface area contributed by atoms with Crippen LogP contribution in [0.25, 0.3) is 16.6 Å². The topological polar surface area (TPSA) is 68.4 Å². The molecule has 7 nitrogen and oxygen atoms in total. The maximum Gasteiger partial charge on any atom is 0.165 e. The number of halogens is 1. The van der Waals surface area contributed by atoms with Crippen molar-refractivity contribution < 1.29 is 4.74 Å². The first-order valence-electron chi connectivity index (χ1n) is 9.75. The number of hydrogen-bond acceptors (Lipinski definition) is 7. The second kappa shape index (κ2) is 8.39. The average Bonchev–Trinajstić information content (AvgIpc) is 3.05. The van der Waals surface area contributed by atoms with E-state index in [9.17, 15) is 0 Å². The summed E-state index contributed by atoms with van der Waals surface area (Å²) in [4.78, 5) is 16.3. The van der Waals surface area contributed by atoms with E-state index in [1.54, 1.807) is 11.8 Å². The molecule has 1 saturated heterocycles. The zero-order chi connectivity index (χ0) is 19.7. The second-order valence-corrected chi connectivity index (χ2v) is 8.31. The Labute approximate surface area is 174 Å². The Morgan fingerprint density at radius 2 is 2.00 bits per heavy atom. The predicted octanol–water partition coefficient (Wildman–Crippen LogP) is 3.61. The van der Waals surface area contributed by atoms with Crippen molar-refractivity contribution in [3.05, 3.63) is 22.9 Å². The van der Waals surface area contributed by atoms with Gasteiger partial charge in [-0.15, -0.1) is 0 Å². The van der Waals surface area contributed by atoms with Crippen molar-refractivity contribution in [2.24, 2.45) is 12.0 Å². The van der Waals surface area contributed by atoms with Gasteiger partial charge in [-0.25, -0.2) is 15.0 Å². The fraction of sp³-hybridized carbons (Fsp3) is 0.579. The first-order valence-corrected chi connectivity index (χ1v) is 11.1. The molecule has 0 aromatic carbocycles. The molecule has 1 fully saturated rings. The lowest BCUT2D eigenvalue weighted by molar-refractivity contribution is 0.0693. The van der Waals surface area contributed by atoms with Crippen molar-refractivity contribution in [1.82, 2.24) is 24.6 Å².